The highest BCUT2D eigenvalue weighted by atomic mass is 16.3. The molecule has 2 rings (SSSR count). The lowest BCUT2D eigenvalue weighted by Crippen LogP contribution is -2.45. The van der Waals surface area contributed by atoms with Crippen LogP contribution >= 0.6 is 0 Å². The van der Waals surface area contributed by atoms with E-state index in [1.165, 1.54) is 0 Å². The first-order valence-corrected chi connectivity index (χ1v) is 7.11. The van der Waals surface area contributed by atoms with Gasteiger partial charge in [0, 0.05) is 25.0 Å². The Morgan fingerprint density at radius 1 is 1.50 bits per heavy atom. The molecule has 1 saturated heterocycles. The predicted octanol–water partition coefficient (Wildman–Crippen LogP) is 1.89. The van der Waals surface area contributed by atoms with E-state index in [2.05, 4.69) is 5.32 Å². The Morgan fingerprint density at radius 3 is 2.75 bits per heavy atom. The van der Waals surface area contributed by atoms with E-state index < -0.39 is 0 Å². The van der Waals surface area contributed by atoms with Crippen molar-refractivity contribution in [1.29, 1.82) is 5.26 Å². The second-order valence-electron chi connectivity index (χ2n) is 5.51. The van der Waals surface area contributed by atoms with Gasteiger partial charge in [0.05, 0.1) is 6.54 Å². The van der Waals surface area contributed by atoms with Crippen molar-refractivity contribution in [2.75, 3.05) is 13.1 Å². The molecule has 1 aliphatic rings. The van der Waals surface area contributed by atoms with Gasteiger partial charge in [0.15, 0.2) is 0 Å². The number of carbonyl (C=O) groups excluding carboxylic acids is 1. The van der Waals surface area contributed by atoms with Gasteiger partial charge < -0.3 is 14.6 Å². The Kier molecular flexibility index (Phi) is 4.80. The van der Waals surface area contributed by atoms with Crippen LogP contribution in [0.4, 0.5) is 0 Å². The highest BCUT2D eigenvalue weighted by molar-refractivity contribution is 5.78. The molecule has 5 nitrogen and oxygen atoms in total. The fourth-order valence-electron chi connectivity index (χ4n) is 2.45. The van der Waals surface area contributed by atoms with Gasteiger partial charge in [-0.25, -0.2) is 0 Å². The molecule has 0 unspecified atom stereocenters. The molecule has 0 aliphatic carbocycles. The summed E-state index contributed by atoms with van der Waals surface area (Å²) in [4.78, 5) is 13.8. The van der Waals surface area contributed by atoms with Gasteiger partial charge in [-0.3, -0.25) is 4.79 Å². The summed E-state index contributed by atoms with van der Waals surface area (Å²) >= 11 is 0. The van der Waals surface area contributed by atoms with Gasteiger partial charge in [0.2, 0.25) is 11.7 Å². The molecule has 0 bridgehead atoms. The summed E-state index contributed by atoms with van der Waals surface area (Å²) in [6.07, 6.45) is 1.93. The standard InChI is InChI=1S/C15H21N3O2/c1-11(2)15(19)18-7-5-12(6-8-18)17-10-14-4-3-13(9-16)20-14/h3-4,11-12,17H,5-8,10H2,1-2H3. The Balaban J connectivity index is 1.75. The molecule has 0 radical (unpaired) electrons. The van der Waals surface area contributed by atoms with Crippen LogP contribution in [0.1, 0.15) is 38.2 Å². The van der Waals surface area contributed by atoms with Crippen molar-refractivity contribution in [2.45, 2.75) is 39.3 Å². The minimum absolute atomic E-state index is 0.0760. The fraction of sp³-hybridized carbons (Fsp3) is 0.600. The minimum atomic E-state index is 0.0760. The monoisotopic (exact) mass is 275 g/mol. The van der Waals surface area contributed by atoms with Crippen LogP contribution in [0, 0.1) is 17.2 Å². The van der Waals surface area contributed by atoms with E-state index in [0.29, 0.717) is 18.3 Å². The van der Waals surface area contributed by atoms with Gasteiger partial charge in [-0.15, -0.1) is 0 Å². The van der Waals surface area contributed by atoms with E-state index in [0.717, 1.165) is 31.7 Å². The summed E-state index contributed by atoms with van der Waals surface area (Å²) in [6.45, 7) is 6.14. The summed E-state index contributed by atoms with van der Waals surface area (Å²) in [6, 6.07) is 5.88. The molecule has 0 saturated carbocycles. The Bertz CT molecular complexity index is 493. The fourth-order valence-corrected chi connectivity index (χ4v) is 2.45. The molecule has 2 heterocycles. The molecule has 1 amide bonds. The maximum atomic E-state index is 11.9. The second-order valence-corrected chi connectivity index (χ2v) is 5.51. The van der Waals surface area contributed by atoms with E-state index in [4.69, 9.17) is 9.68 Å². The first-order valence-electron chi connectivity index (χ1n) is 7.11. The van der Waals surface area contributed by atoms with E-state index >= 15 is 0 Å². The van der Waals surface area contributed by atoms with Crippen LogP contribution in [-0.4, -0.2) is 29.9 Å². The summed E-state index contributed by atoms with van der Waals surface area (Å²) in [7, 11) is 0. The molecule has 0 aromatic carbocycles. The average Bonchev–Trinajstić information content (AvgIpc) is 2.93. The molecule has 0 atom stereocenters. The number of furan rings is 1. The number of carbonyl (C=O) groups is 1. The third-order valence-electron chi connectivity index (χ3n) is 3.64. The number of rotatable bonds is 4. The number of amides is 1. The highest BCUT2D eigenvalue weighted by Crippen LogP contribution is 2.14. The van der Waals surface area contributed by atoms with Crippen LogP contribution in [0.15, 0.2) is 16.5 Å². The Labute approximate surface area is 119 Å². The normalized spacial score (nSPS) is 16.4. The Morgan fingerprint density at radius 2 is 2.20 bits per heavy atom. The summed E-state index contributed by atoms with van der Waals surface area (Å²) in [5, 5.41) is 12.1. The highest BCUT2D eigenvalue weighted by Gasteiger charge is 2.23. The zero-order chi connectivity index (χ0) is 14.5. The number of nitrogens with zero attached hydrogens (tertiary/aromatic N) is 2. The number of piperidine rings is 1. The van der Waals surface area contributed by atoms with E-state index in [1.54, 1.807) is 6.07 Å². The van der Waals surface area contributed by atoms with Crippen molar-refractivity contribution in [3.63, 3.8) is 0 Å². The van der Waals surface area contributed by atoms with Crippen LogP contribution in [0.2, 0.25) is 0 Å². The third kappa shape index (κ3) is 3.61. The molecule has 1 fully saturated rings. The van der Waals surface area contributed by atoms with Crippen LogP contribution in [0.25, 0.3) is 0 Å². The second kappa shape index (κ2) is 6.58. The number of hydrogen-bond donors (Lipinski definition) is 1. The van der Waals surface area contributed by atoms with Gasteiger partial charge in [0.1, 0.15) is 11.8 Å². The molecule has 20 heavy (non-hydrogen) atoms. The first kappa shape index (κ1) is 14.6. The van der Waals surface area contributed by atoms with Gasteiger partial charge in [-0.2, -0.15) is 5.26 Å². The largest absolute Gasteiger partial charge is 0.449 e. The van der Waals surface area contributed by atoms with Gasteiger partial charge in [0.25, 0.3) is 0 Å². The summed E-state index contributed by atoms with van der Waals surface area (Å²) in [5.74, 6) is 1.45. The van der Waals surface area contributed by atoms with Gasteiger partial charge in [-0.1, -0.05) is 13.8 Å². The maximum absolute atomic E-state index is 11.9. The number of likely N-dealkylation sites (tertiary alicyclic amines) is 1. The van der Waals surface area contributed by atoms with Crippen molar-refractivity contribution in [1.82, 2.24) is 10.2 Å². The summed E-state index contributed by atoms with van der Waals surface area (Å²) < 4.78 is 5.33. The van der Waals surface area contributed by atoms with Gasteiger partial charge >= 0.3 is 0 Å². The lowest BCUT2D eigenvalue weighted by atomic mass is 10.0. The molecule has 1 aromatic rings. The van der Waals surface area contributed by atoms with Crippen molar-refractivity contribution in [3.05, 3.63) is 23.7 Å². The van der Waals surface area contributed by atoms with Crippen molar-refractivity contribution < 1.29 is 9.21 Å². The SMILES string of the molecule is CC(C)C(=O)N1CCC(NCc2ccc(C#N)o2)CC1. The Hall–Kier alpha value is -1.80. The van der Waals surface area contributed by atoms with Crippen molar-refractivity contribution >= 4 is 5.91 Å². The number of nitriles is 1. The van der Waals surface area contributed by atoms with Crippen LogP contribution in [-0.2, 0) is 11.3 Å². The lowest BCUT2D eigenvalue weighted by molar-refractivity contribution is -0.135. The quantitative estimate of drug-likeness (QED) is 0.911. The number of nitrogens with one attached hydrogen (secondary N) is 1. The van der Waals surface area contributed by atoms with Crippen molar-refractivity contribution in [3.8, 4) is 6.07 Å². The minimum Gasteiger partial charge on any atom is -0.449 e. The zero-order valence-electron chi connectivity index (χ0n) is 12.1. The van der Waals surface area contributed by atoms with Gasteiger partial charge in [-0.05, 0) is 25.0 Å². The van der Waals surface area contributed by atoms with E-state index in [1.807, 2.05) is 30.9 Å². The topological polar surface area (TPSA) is 69.3 Å². The molecular weight excluding hydrogens is 254 g/mol. The molecule has 5 heteroatoms. The lowest BCUT2D eigenvalue weighted by Gasteiger charge is -2.33. The van der Waals surface area contributed by atoms with Crippen LogP contribution < -0.4 is 5.32 Å². The molecule has 1 N–H and O–H groups in total. The molecule has 0 spiro atoms. The smallest absolute Gasteiger partial charge is 0.225 e. The molecule has 1 aliphatic heterocycles. The average molecular weight is 275 g/mol. The predicted molar refractivity (Wildman–Crippen MR) is 74.7 cm³/mol. The molecule has 1 aromatic heterocycles. The first-order chi connectivity index (χ1) is 9.60. The molecule has 108 valence electrons. The molecular formula is C15H21N3O2. The maximum Gasteiger partial charge on any atom is 0.225 e. The van der Waals surface area contributed by atoms with Crippen molar-refractivity contribution in [2.24, 2.45) is 5.92 Å². The third-order valence-corrected chi connectivity index (χ3v) is 3.64. The van der Waals surface area contributed by atoms with E-state index in [9.17, 15) is 4.79 Å². The number of hydrogen-bond acceptors (Lipinski definition) is 4. The van der Waals surface area contributed by atoms with Crippen LogP contribution in [0.5, 0.6) is 0 Å². The van der Waals surface area contributed by atoms with E-state index in [-0.39, 0.29) is 11.8 Å². The summed E-state index contributed by atoms with van der Waals surface area (Å²) in [5.41, 5.74) is 0. The zero-order valence-corrected chi connectivity index (χ0v) is 12.1. The van der Waals surface area contributed by atoms with Crippen LogP contribution in [0.3, 0.4) is 0 Å².